The summed E-state index contributed by atoms with van der Waals surface area (Å²) in [4.78, 5) is 0. The topological polar surface area (TPSA) is 0 Å². The van der Waals surface area contributed by atoms with Crippen LogP contribution in [-0.4, -0.2) is 15.4 Å². The van der Waals surface area contributed by atoms with Gasteiger partial charge in [0.05, 0.1) is 0 Å². The molecule has 0 N–H and O–H groups in total. The number of rotatable bonds is 4. The molecule has 0 amide bonds. The molecule has 0 unspecified atom stereocenters. The second kappa shape index (κ2) is 18.2. The number of hydrogen-bond acceptors (Lipinski definition) is 0. The summed E-state index contributed by atoms with van der Waals surface area (Å²) >= 11 is 0.312. The predicted molar refractivity (Wildman–Crippen MR) is 147 cm³/mol. The molecule has 0 saturated carbocycles. The molecule has 0 aliphatic carbocycles. The molecule has 4 heteroatoms. The molecule has 0 aliphatic heterocycles. The van der Waals surface area contributed by atoms with Gasteiger partial charge in [-0.05, 0) is 12.0 Å². The van der Waals surface area contributed by atoms with Gasteiger partial charge in [0, 0.05) is 0 Å². The third-order valence-corrected chi connectivity index (χ3v) is 8.07. The van der Waals surface area contributed by atoms with Gasteiger partial charge in [-0.1, -0.05) is 61.9 Å². The van der Waals surface area contributed by atoms with E-state index >= 15 is 0 Å². The molecule has 0 atom stereocenters. The summed E-state index contributed by atoms with van der Waals surface area (Å²) in [5, 5.41) is 8.42. The van der Waals surface area contributed by atoms with Gasteiger partial charge < -0.3 is 24.8 Å². The van der Waals surface area contributed by atoms with Crippen molar-refractivity contribution in [2.75, 3.05) is 0 Å². The number of hydrogen-bond donors (Lipinski definition) is 0. The first-order chi connectivity index (χ1) is 15.7. The van der Waals surface area contributed by atoms with E-state index in [1.807, 2.05) is 0 Å². The minimum atomic E-state index is 0. The van der Waals surface area contributed by atoms with Crippen molar-refractivity contribution < 1.29 is 51.0 Å². The van der Waals surface area contributed by atoms with Crippen LogP contribution >= 0.6 is 0 Å². The van der Waals surface area contributed by atoms with Crippen molar-refractivity contribution in [1.29, 1.82) is 0 Å². The first kappa shape index (κ1) is 33.9. The average molecular weight is 642 g/mol. The van der Waals surface area contributed by atoms with E-state index in [1.54, 1.807) is 0 Å². The summed E-state index contributed by atoms with van der Waals surface area (Å²) in [7, 11) is 0. The number of halogens is 2. The van der Waals surface area contributed by atoms with E-state index < -0.39 is 0 Å². The van der Waals surface area contributed by atoms with Gasteiger partial charge in [0.2, 0.25) is 0 Å². The van der Waals surface area contributed by atoms with Gasteiger partial charge in [-0.15, -0.1) is 75.1 Å². The van der Waals surface area contributed by atoms with E-state index in [-0.39, 0.29) is 51.0 Å². The Balaban J connectivity index is 0.000000537. The fourth-order valence-corrected chi connectivity index (χ4v) is 5.17. The summed E-state index contributed by atoms with van der Waals surface area (Å²) in [6.07, 6.45) is 1.13. The Bertz CT molecular complexity index is 1190. The quantitative estimate of drug-likeness (QED) is 0.209. The van der Waals surface area contributed by atoms with Crippen LogP contribution in [0.15, 0.2) is 97.1 Å². The zero-order valence-electron chi connectivity index (χ0n) is 21.2. The SMILES string of the molecule is CCc1cc2ccccc2[cH-]1.C[CH2][GeH][CH2]C.Cc1cc2c(-c3ccccc3)cccc2[cH-]1.[Cl-].[Cl-].[Zr+4]. The second-order valence-electron chi connectivity index (χ2n) is 8.16. The van der Waals surface area contributed by atoms with Crippen LogP contribution < -0.4 is 24.8 Å². The van der Waals surface area contributed by atoms with Gasteiger partial charge in [0.1, 0.15) is 0 Å². The molecule has 0 heterocycles. The van der Waals surface area contributed by atoms with Crippen molar-refractivity contribution in [3.05, 3.63) is 108 Å². The summed E-state index contributed by atoms with van der Waals surface area (Å²) < 4.78 is 0. The van der Waals surface area contributed by atoms with Crippen molar-refractivity contribution in [2.24, 2.45) is 0 Å². The maximum atomic E-state index is 2.28. The molecular weight excluding hydrogens is 607 g/mol. The zero-order valence-corrected chi connectivity index (χ0v) is 27.6. The molecule has 5 rings (SSSR count). The van der Waals surface area contributed by atoms with Crippen LogP contribution in [0.1, 0.15) is 31.9 Å². The monoisotopic (exact) mass is 641 g/mol. The largest absolute Gasteiger partial charge is 4.00 e. The van der Waals surface area contributed by atoms with E-state index in [4.69, 9.17) is 0 Å². The van der Waals surface area contributed by atoms with Crippen LogP contribution in [0.4, 0.5) is 0 Å². The molecule has 0 saturated heterocycles. The maximum absolute atomic E-state index is 2.28. The van der Waals surface area contributed by atoms with Crippen molar-refractivity contribution >= 4 is 37.0 Å². The molecule has 0 spiro atoms. The van der Waals surface area contributed by atoms with Crippen LogP contribution in [0.3, 0.4) is 0 Å². The smallest absolute Gasteiger partial charge is 1.00 e. The Kier molecular flexibility index (Phi) is 17.6. The van der Waals surface area contributed by atoms with E-state index in [0.29, 0.717) is 15.4 Å². The van der Waals surface area contributed by atoms with Crippen LogP contribution in [-0.2, 0) is 32.6 Å². The minimum Gasteiger partial charge on any atom is -1.00 e. The first-order valence-corrected chi connectivity index (χ1v) is 15.3. The molecule has 0 bridgehead atoms. The molecule has 0 nitrogen and oxygen atoms in total. The summed E-state index contributed by atoms with van der Waals surface area (Å²) in [6, 6.07) is 34.6. The fraction of sp³-hybridized carbons (Fsp3) is 0.226. The Hall–Kier alpha value is -1.11. The number of benzene rings is 3. The van der Waals surface area contributed by atoms with Gasteiger partial charge in [-0.3, -0.25) is 0 Å². The van der Waals surface area contributed by atoms with Crippen molar-refractivity contribution in [3.63, 3.8) is 0 Å². The van der Waals surface area contributed by atoms with Crippen molar-refractivity contribution in [2.45, 2.75) is 44.6 Å². The van der Waals surface area contributed by atoms with Gasteiger partial charge in [-0.2, -0.15) is 12.1 Å². The van der Waals surface area contributed by atoms with E-state index in [9.17, 15) is 0 Å². The van der Waals surface area contributed by atoms with Crippen LogP contribution in [0.25, 0.3) is 32.7 Å². The van der Waals surface area contributed by atoms with Gasteiger partial charge in [0.25, 0.3) is 0 Å². The molecule has 0 aromatic heterocycles. The average Bonchev–Trinajstić information content (AvgIpc) is 3.43. The molecule has 35 heavy (non-hydrogen) atoms. The normalized spacial score (nSPS) is 9.49. The molecule has 0 aliphatic rings. The fourth-order valence-electron chi connectivity index (χ4n) is 3.96. The third kappa shape index (κ3) is 10.0. The van der Waals surface area contributed by atoms with Gasteiger partial charge in [-0.25, -0.2) is 0 Å². The molecule has 1 radical (unpaired) electrons. The Morgan fingerprint density at radius 2 is 1.31 bits per heavy atom. The van der Waals surface area contributed by atoms with E-state index in [1.165, 1.54) is 54.3 Å². The molecular formula is C31H35Cl2GeZr. The van der Waals surface area contributed by atoms with Crippen molar-refractivity contribution in [3.8, 4) is 11.1 Å². The second-order valence-corrected chi connectivity index (χ2v) is 12.8. The molecule has 181 valence electrons. The number of fused-ring (bicyclic) bond motifs is 2. The maximum Gasteiger partial charge on any atom is 4.00 e. The summed E-state index contributed by atoms with van der Waals surface area (Å²) in [6.45, 7) is 8.90. The standard InChI is InChI=1S/C16H13.C11H11.C4H11Ge.2ClH.Zr/c1-12-10-14-8-5-9-15(16(14)11-12)13-6-3-2-4-7-13;1-2-9-7-10-5-3-4-6-11(10)8-9;1-3-5-4-2;;;/h2-11H,1H3;3-8H,2H2,1H3;5H,3-4H2,1-2H3;2*1H;/q2*-1;;;;+4/p-2. The molecule has 0 fully saturated rings. The summed E-state index contributed by atoms with van der Waals surface area (Å²) in [5.74, 6) is 0. The number of aryl methyl sites for hydroxylation is 2. The molecule has 5 aromatic carbocycles. The Morgan fingerprint density at radius 1 is 0.686 bits per heavy atom. The predicted octanol–water partition coefficient (Wildman–Crippen LogP) is 2.96. The van der Waals surface area contributed by atoms with Gasteiger partial charge in [0.15, 0.2) is 0 Å². The summed E-state index contributed by atoms with van der Waals surface area (Å²) in [5.41, 5.74) is 5.38. The Morgan fingerprint density at radius 3 is 1.91 bits per heavy atom. The van der Waals surface area contributed by atoms with Gasteiger partial charge >= 0.3 is 66.0 Å². The zero-order chi connectivity index (χ0) is 22.8. The third-order valence-electron chi connectivity index (χ3n) is 5.64. The van der Waals surface area contributed by atoms with E-state index in [2.05, 4.69) is 125 Å². The first-order valence-electron chi connectivity index (χ1n) is 11.8. The molecule has 5 aromatic rings. The van der Waals surface area contributed by atoms with E-state index in [0.717, 1.165) is 6.42 Å². The van der Waals surface area contributed by atoms with Crippen LogP contribution in [0, 0.1) is 6.92 Å². The van der Waals surface area contributed by atoms with Crippen LogP contribution in [0.2, 0.25) is 10.5 Å². The van der Waals surface area contributed by atoms with Crippen LogP contribution in [0.5, 0.6) is 0 Å². The minimum absolute atomic E-state index is 0. The Labute approximate surface area is 250 Å². The van der Waals surface area contributed by atoms with Crippen molar-refractivity contribution in [1.82, 2.24) is 0 Å².